The molecule has 2 aliphatic carbocycles. The lowest BCUT2D eigenvalue weighted by Gasteiger charge is -2.59. The van der Waals surface area contributed by atoms with Crippen molar-refractivity contribution in [3.8, 4) is 11.5 Å². The summed E-state index contributed by atoms with van der Waals surface area (Å²) in [4.78, 5) is 21.7. The summed E-state index contributed by atoms with van der Waals surface area (Å²) in [7, 11) is 0. The molecule has 0 unspecified atom stereocenters. The number of phenolic OH excluding ortho intramolecular Hbond substituents is 1. The highest BCUT2D eigenvalue weighted by Crippen LogP contribution is 2.61. The lowest BCUT2D eigenvalue weighted by molar-refractivity contribution is -0.255. The average Bonchev–Trinajstić information content (AvgIpc) is 3.13. The van der Waals surface area contributed by atoms with E-state index in [4.69, 9.17) is 24.2 Å². The topological polar surface area (TPSA) is 130 Å². The van der Waals surface area contributed by atoms with E-state index in [-0.39, 0.29) is 49.9 Å². The van der Waals surface area contributed by atoms with Gasteiger partial charge in [-0.15, -0.1) is 6.58 Å². The number of carbonyl (C=O) groups excluding carboxylic acids is 1. The largest absolute Gasteiger partial charge is 0.508 e. The molecule has 2 aromatic rings. The lowest BCUT2D eigenvalue weighted by atomic mass is 9.55. The SMILES string of the molecule is C=CCO[C@@]12Oc3ccc(O)cc3[C@H]3[C@H](CCCCO)[C@@H](CCCCO)C=C(C(=NOCC)C[C@@H]1N(CCC)C(=O)OCc1ccccc1)[C@H]32. The third kappa shape index (κ3) is 8.03. The maximum Gasteiger partial charge on any atom is 0.410 e. The highest BCUT2D eigenvalue weighted by Gasteiger charge is 2.65. The van der Waals surface area contributed by atoms with E-state index in [0.717, 1.165) is 48.1 Å². The lowest BCUT2D eigenvalue weighted by Crippen LogP contribution is -2.70. The normalized spacial score (nSPS) is 25.9. The van der Waals surface area contributed by atoms with E-state index in [9.17, 15) is 20.1 Å². The van der Waals surface area contributed by atoms with Crippen LogP contribution in [-0.2, 0) is 20.9 Å². The smallest absolute Gasteiger partial charge is 0.410 e. The van der Waals surface area contributed by atoms with Crippen LogP contribution in [0.4, 0.5) is 4.79 Å². The van der Waals surface area contributed by atoms with Gasteiger partial charge in [-0.25, -0.2) is 4.79 Å². The fraction of sp³-hybridized carbons (Fsp3) is 0.550. The van der Waals surface area contributed by atoms with E-state index in [1.165, 1.54) is 0 Å². The molecule has 1 saturated carbocycles. The third-order valence-corrected chi connectivity index (χ3v) is 10.2. The van der Waals surface area contributed by atoms with Gasteiger partial charge >= 0.3 is 6.09 Å². The molecule has 3 N–H and O–H groups in total. The molecule has 272 valence electrons. The van der Waals surface area contributed by atoms with Gasteiger partial charge in [0, 0.05) is 37.7 Å². The van der Waals surface area contributed by atoms with Gasteiger partial charge in [0.2, 0.25) is 5.79 Å². The van der Waals surface area contributed by atoms with Crippen molar-refractivity contribution >= 4 is 11.8 Å². The minimum atomic E-state index is -1.36. The maximum absolute atomic E-state index is 14.2. The first-order valence-corrected chi connectivity index (χ1v) is 18.3. The molecule has 1 amide bonds. The van der Waals surface area contributed by atoms with Crippen molar-refractivity contribution in [2.75, 3.05) is 33.0 Å². The average molecular weight is 691 g/mol. The van der Waals surface area contributed by atoms with Crippen molar-refractivity contribution in [2.24, 2.45) is 22.9 Å². The zero-order valence-corrected chi connectivity index (χ0v) is 29.5. The van der Waals surface area contributed by atoms with Crippen molar-refractivity contribution in [1.82, 2.24) is 4.90 Å². The van der Waals surface area contributed by atoms with E-state index in [1.54, 1.807) is 29.2 Å². The Labute approximate surface area is 296 Å². The van der Waals surface area contributed by atoms with Gasteiger partial charge in [-0.3, -0.25) is 4.90 Å². The van der Waals surface area contributed by atoms with Crippen LogP contribution in [0.1, 0.15) is 82.3 Å². The summed E-state index contributed by atoms with van der Waals surface area (Å²) in [5, 5.41) is 35.0. The number of unbranched alkanes of at least 4 members (excludes halogenated alkanes) is 2. The molecule has 0 spiro atoms. The molecule has 0 aromatic heterocycles. The van der Waals surface area contributed by atoms with Gasteiger partial charge in [-0.2, -0.15) is 0 Å². The number of rotatable bonds is 18. The van der Waals surface area contributed by atoms with E-state index < -0.39 is 23.8 Å². The van der Waals surface area contributed by atoms with Gasteiger partial charge in [0.25, 0.3) is 0 Å². The molecule has 1 fully saturated rings. The quantitative estimate of drug-likeness (QED) is 0.0859. The summed E-state index contributed by atoms with van der Waals surface area (Å²) in [5.74, 6) is -1.03. The van der Waals surface area contributed by atoms with Gasteiger partial charge in [-0.05, 0) is 80.2 Å². The number of phenols is 1. The molecule has 0 radical (unpaired) electrons. The Hall–Kier alpha value is -3.86. The van der Waals surface area contributed by atoms with E-state index in [0.29, 0.717) is 44.6 Å². The summed E-state index contributed by atoms with van der Waals surface area (Å²) in [6.07, 6.45) is 9.21. The first kappa shape index (κ1) is 37.4. The van der Waals surface area contributed by atoms with Gasteiger partial charge in [0.1, 0.15) is 30.8 Å². The molecule has 2 aromatic carbocycles. The molecule has 50 heavy (non-hydrogen) atoms. The van der Waals surface area contributed by atoms with Gasteiger partial charge in [0.15, 0.2) is 0 Å². The van der Waals surface area contributed by atoms with Crippen molar-refractivity contribution in [2.45, 2.75) is 89.6 Å². The van der Waals surface area contributed by atoms with Crippen LogP contribution in [0.3, 0.4) is 0 Å². The summed E-state index contributed by atoms with van der Waals surface area (Å²) in [6, 6.07) is 14.2. The van der Waals surface area contributed by atoms with Crippen LogP contribution in [0.15, 0.2) is 78.0 Å². The molecular weight excluding hydrogens is 636 g/mol. The molecule has 6 atom stereocenters. The number of amides is 1. The summed E-state index contributed by atoms with van der Waals surface area (Å²) >= 11 is 0. The standard InChI is InChI=1S/C40H54N2O8/c1-4-20-42(39(46)47-27-28-14-8-7-9-15-28)36-26-34(41-49-6-3)32-24-29(16-10-12-21-43)31(17-11-13-22-44)37-33-25-30(45)18-19-35(33)50-40(36,38(32)37)48-23-5-2/h5,7-9,14-15,18-19,24-25,29,31,36-38,43-45H,2,4,6,10-13,16-17,20-23,26-27H2,1,3H3/t29-,31+,36-,37+,38+,40+/m0/s1. The van der Waals surface area contributed by atoms with Crippen LogP contribution in [0, 0.1) is 17.8 Å². The summed E-state index contributed by atoms with van der Waals surface area (Å²) < 4.78 is 20.0. The summed E-state index contributed by atoms with van der Waals surface area (Å²) in [5.41, 5.74) is 3.45. The Morgan fingerprint density at radius 3 is 2.54 bits per heavy atom. The molecule has 10 nitrogen and oxygen atoms in total. The number of aromatic hydroxyl groups is 1. The highest BCUT2D eigenvalue weighted by molar-refractivity contribution is 6.02. The number of carbonyl (C=O) groups is 1. The first-order valence-electron chi connectivity index (χ1n) is 18.3. The Morgan fingerprint density at radius 1 is 1.08 bits per heavy atom. The number of benzene rings is 2. The molecule has 0 saturated heterocycles. The highest BCUT2D eigenvalue weighted by atomic mass is 16.7. The summed E-state index contributed by atoms with van der Waals surface area (Å²) in [6.45, 7) is 9.17. The van der Waals surface area contributed by atoms with Crippen LogP contribution >= 0.6 is 0 Å². The minimum Gasteiger partial charge on any atom is -0.508 e. The van der Waals surface area contributed by atoms with Crippen LogP contribution in [-0.4, -0.2) is 76.8 Å². The predicted molar refractivity (Wildman–Crippen MR) is 192 cm³/mol. The molecule has 5 rings (SSSR count). The van der Waals surface area contributed by atoms with Crippen molar-refractivity contribution < 1.29 is 39.2 Å². The van der Waals surface area contributed by atoms with Gasteiger partial charge in [0.05, 0.1) is 18.2 Å². The second-order valence-electron chi connectivity index (χ2n) is 13.4. The van der Waals surface area contributed by atoms with E-state index >= 15 is 0 Å². The number of aliphatic hydroxyl groups is 2. The van der Waals surface area contributed by atoms with Crippen LogP contribution in [0.2, 0.25) is 0 Å². The number of hydrogen-bond donors (Lipinski definition) is 3. The zero-order valence-electron chi connectivity index (χ0n) is 29.5. The van der Waals surface area contributed by atoms with Gasteiger partial charge in [-0.1, -0.05) is 67.4 Å². The fourth-order valence-corrected chi connectivity index (χ4v) is 8.22. The number of allylic oxidation sites excluding steroid dienone is 1. The van der Waals surface area contributed by atoms with E-state index in [1.807, 2.05) is 44.2 Å². The number of hydrogen-bond acceptors (Lipinski definition) is 9. The minimum absolute atomic E-state index is 0.0851. The third-order valence-electron chi connectivity index (χ3n) is 10.2. The van der Waals surface area contributed by atoms with E-state index in [2.05, 4.69) is 12.7 Å². The monoisotopic (exact) mass is 690 g/mol. The Morgan fingerprint density at radius 2 is 1.84 bits per heavy atom. The van der Waals surface area contributed by atoms with Gasteiger partial charge < -0.3 is 34.4 Å². The molecular formula is C40H54N2O8. The van der Waals surface area contributed by atoms with Crippen LogP contribution in [0.25, 0.3) is 0 Å². The second-order valence-corrected chi connectivity index (χ2v) is 13.4. The number of aliphatic hydroxyl groups excluding tert-OH is 2. The second kappa shape index (κ2) is 17.9. The molecule has 0 bridgehead atoms. The zero-order chi connectivity index (χ0) is 35.5. The van der Waals surface area contributed by atoms with Crippen molar-refractivity contribution in [1.29, 1.82) is 0 Å². The number of oxime groups is 1. The van der Waals surface area contributed by atoms with Crippen molar-refractivity contribution in [3.05, 3.63) is 84.0 Å². The molecule has 3 aliphatic rings. The van der Waals surface area contributed by atoms with Crippen LogP contribution < -0.4 is 4.74 Å². The number of nitrogens with zero attached hydrogens (tertiary/aromatic N) is 2. The molecule has 10 heteroatoms. The Bertz CT molecular complexity index is 1480. The number of ether oxygens (including phenoxy) is 3. The number of fused-ring (bicyclic) bond motifs is 2. The predicted octanol–water partition coefficient (Wildman–Crippen LogP) is 7.09. The Balaban J connectivity index is 1.70. The fourth-order valence-electron chi connectivity index (χ4n) is 8.22. The maximum atomic E-state index is 14.2. The molecule has 1 aliphatic heterocycles. The van der Waals surface area contributed by atoms with Crippen LogP contribution in [0.5, 0.6) is 11.5 Å². The first-order chi connectivity index (χ1) is 24.4. The Kier molecular flexibility index (Phi) is 13.4. The van der Waals surface area contributed by atoms with Crippen molar-refractivity contribution in [3.63, 3.8) is 0 Å². The molecule has 1 heterocycles.